The number of benzene rings is 1. The molecule has 4 heteroatoms. The van der Waals surface area contributed by atoms with E-state index in [0.29, 0.717) is 19.6 Å². The molecular formula is C17H28N2O2. The van der Waals surface area contributed by atoms with Crippen molar-refractivity contribution in [3.63, 3.8) is 0 Å². The Hall–Kier alpha value is -1.55. The van der Waals surface area contributed by atoms with E-state index >= 15 is 0 Å². The number of amides is 1. The van der Waals surface area contributed by atoms with Gasteiger partial charge in [0.2, 0.25) is 5.91 Å². The first-order valence-corrected chi connectivity index (χ1v) is 7.83. The Morgan fingerprint density at radius 2 is 1.81 bits per heavy atom. The van der Waals surface area contributed by atoms with Crippen molar-refractivity contribution in [1.82, 2.24) is 4.90 Å². The zero-order chi connectivity index (χ0) is 15.5. The molecule has 0 unspecified atom stereocenters. The van der Waals surface area contributed by atoms with Gasteiger partial charge in [-0.3, -0.25) is 4.79 Å². The van der Waals surface area contributed by atoms with Gasteiger partial charge < -0.3 is 15.4 Å². The van der Waals surface area contributed by atoms with Gasteiger partial charge in [0.15, 0.2) is 0 Å². The number of ether oxygens (including phenoxy) is 1. The van der Waals surface area contributed by atoms with Gasteiger partial charge in [-0.15, -0.1) is 0 Å². The van der Waals surface area contributed by atoms with Crippen LogP contribution in [-0.4, -0.2) is 31.0 Å². The van der Waals surface area contributed by atoms with Gasteiger partial charge in [0.05, 0.1) is 6.61 Å². The lowest BCUT2D eigenvalue weighted by molar-refractivity contribution is -0.130. The Labute approximate surface area is 128 Å². The van der Waals surface area contributed by atoms with E-state index in [1.165, 1.54) is 0 Å². The average Bonchev–Trinajstić information content (AvgIpc) is 2.49. The quantitative estimate of drug-likeness (QED) is 0.675. The standard InChI is InChI=1S/C17H28N2O2/c1-3-21-16-11-9-15(10-12-16)14-19(2)17(20)8-6-4-5-7-13-18/h9-12H,3-8,13-14,18H2,1-2H3. The van der Waals surface area contributed by atoms with Gasteiger partial charge in [-0.25, -0.2) is 0 Å². The predicted molar refractivity (Wildman–Crippen MR) is 86.2 cm³/mol. The highest BCUT2D eigenvalue weighted by Crippen LogP contribution is 2.14. The van der Waals surface area contributed by atoms with Crippen LogP contribution in [0.4, 0.5) is 0 Å². The molecule has 1 rings (SSSR count). The third kappa shape index (κ3) is 7.14. The van der Waals surface area contributed by atoms with E-state index in [1.54, 1.807) is 4.90 Å². The summed E-state index contributed by atoms with van der Waals surface area (Å²) < 4.78 is 5.41. The first kappa shape index (κ1) is 17.5. The summed E-state index contributed by atoms with van der Waals surface area (Å²) in [6, 6.07) is 7.92. The molecule has 1 amide bonds. The minimum atomic E-state index is 0.205. The van der Waals surface area contributed by atoms with E-state index in [4.69, 9.17) is 10.5 Å². The van der Waals surface area contributed by atoms with Crippen LogP contribution in [0.3, 0.4) is 0 Å². The van der Waals surface area contributed by atoms with Crippen molar-refractivity contribution in [2.24, 2.45) is 5.73 Å². The van der Waals surface area contributed by atoms with E-state index in [9.17, 15) is 4.79 Å². The smallest absolute Gasteiger partial charge is 0.222 e. The maximum Gasteiger partial charge on any atom is 0.222 e. The zero-order valence-electron chi connectivity index (χ0n) is 13.3. The molecule has 1 aromatic carbocycles. The van der Waals surface area contributed by atoms with Crippen molar-refractivity contribution in [3.05, 3.63) is 29.8 Å². The van der Waals surface area contributed by atoms with E-state index in [1.807, 2.05) is 38.2 Å². The SMILES string of the molecule is CCOc1ccc(CN(C)C(=O)CCCCCCN)cc1. The summed E-state index contributed by atoms with van der Waals surface area (Å²) in [4.78, 5) is 13.8. The van der Waals surface area contributed by atoms with E-state index in [2.05, 4.69) is 0 Å². The number of carbonyl (C=O) groups is 1. The highest BCUT2D eigenvalue weighted by molar-refractivity contribution is 5.75. The van der Waals surface area contributed by atoms with E-state index in [0.717, 1.165) is 43.5 Å². The van der Waals surface area contributed by atoms with Crippen LogP contribution in [0.5, 0.6) is 5.75 Å². The molecule has 118 valence electrons. The number of hydrogen-bond donors (Lipinski definition) is 1. The summed E-state index contributed by atoms with van der Waals surface area (Å²) >= 11 is 0. The summed E-state index contributed by atoms with van der Waals surface area (Å²) in [7, 11) is 1.86. The lowest BCUT2D eigenvalue weighted by Gasteiger charge is -2.17. The molecule has 2 N–H and O–H groups in total. The lowest BCUT2D eigenvalue weighted by atomic mass is 10.1. The van der Waals surface area contributed by atoms with Gasteiger partial charge in [0.25, 0.3) is 0 Å². The molecule has 0 radical (unpaired) electrons. The molecule has 0 saturated carbocycles. The van der Waals surface area contributed by atoms with Crippen molar-refractivity contribution in [2.75, 3.05) is 20.2 Å². The number of rotatable bonds is 10. The Bertz CT molecular complexity index is 404. The third-order valence-electron chi connectivity index (χ3n) is 3.42. The average molecular weight is 292 g/mol. The molecule has 0 aliphatic heterocycles. The fraction of sp³-hybridized carbons (Fsp3) is 0.588. The van der Waals surface area contributed by atoms with Crippen LogP contribution in [0.15, 0.2) is 24.3 Å². The van der Waals surface area contributed by atoms with Crippen LogP contribution in [0, 0.1) is 0 Å². The van der Waals surface area contributed by atoms with Gasteiger partial charge >= 0.3 is 0 Å². The number of nitrogens with two attached hydrogens (primary N) is 1. The fourth-order valence-corrected chi connectivity index (χ4v) is 2.18. The largest absolute Gasteiger partial charge is 0.494 e. The van der Waals surface area contributed by atoms with Crippen molar-refractivity contribution >= 4 is 5.91 Å². The maximum absolute atomic E-state index is 12.0. The summed E-state index contributed by atoms with van der Waals surface area (Å²) in [5, 5.41) is 0. The van der Waals surface area contributed by atoms with Crippen LogP contribution >= 0.6 is 0 Å². The molecule has 0 atom stereocenters. The number of carbonyl (C=O) groups excluding carboxylic acids is 1. The highest BCUT2D eigenvalue weighted by Gasteiger charge is 2.08. The molecular weight excluding hydrogens is 264 g/mol. The van der Waals surface area contributed by atoms with Crippen molar-refractivity contribution in [2.45, 2.75) is 45.6 Å². The van der Waals surface area contributed by atoms with Gasteiger partial charge in [0.1, 0.15) is 5.75 Å². The van der Waals surface area contributed by atoms with Crippen LogP contribution < -0.4 is 10.5 Å². The molecule has 0 aliphatic rings. The molecule has 0 saturated heterocycles. The molecule has 0 aromatic heterocycles. The first-order chi connectivity index (χ1) is 10.2. The maximum atomic E-state index is 12.0. The van der Waals surface area contributed by atoms with Crippen molar-refractivity contribution < 1.29 is 9.53 Å². The van der Waals surface area contributed by atoms with Gasteiger partial charge in [-0.1, -0.05) is 25.0 Å². The Morgan fingerprint density at radius 1 is 1.14 bits per heavy atom. The van der Waals surface area contributed by atoms with Crippen LogP contribution in [0.2, 0.25) is 0 Å². The second-order valence-corrected chi connectivity index (χ2v) is 5.28. The molecule has 0 bridgehead atoms. The molecule has 0 heterocycles. The molecule has 0 spiro atoms. The van der Waals surface area contributed by atoms with Crippen LogP contribution in [0.1, 0.15) is 44.6 Å². The van der Waals surface area contributed by atoms with E-state index in [-0.39, 0.29) is 5.91 Å². The molecule has 4 nitrogen and oxygen atoms in total. The van der Waals surface area contributed by atoms with Crippen molar-refractivity contribution in [1.29, 1.82) is 0 Å². The first-order valence-electron chi connectivity index (χ1n) is 7.83. The number of unbranched alkanes of at least 4 members (excludes halogenated alkanes) is 3. The second kappa shape index (κ2) is 10.2. The lowest BCUT2D eigenvalue weighted by Crippen LogP contribution is -2.25. The van der Waals surface area contributed by atoms with E-state index < -0.39 is 0 Å². The zero-order valence-corrected chi connectivity index (χ0v) is 13.3. The molecule has 0 aliphatic carbocycles. The minimum Gasteiger partial charge on any atom is -0.494 e. The Kier molecular flexibility index (Phi) is 8.51. The Balaban J connectivity index is 2.30. The summed E-state index contributed by atoms with van der Waals surface area (Å²) in [5.74, 6) is 1.08. The summed E-state index contributed by atoms with van der Waals surface area (Å²) in [6.07, 6.45) is 4.83. The second-order valence-electron chi connectivity index (χ2n) is 5.28. The van der Waals surface area contributed by atoms with Crippen LogP contribution in [0.25, 0.3) is 0 Å². The fourth-order valence-electron chi connectivity index (χ4n) is 2.18. The predicted octanol–water partition coefficient (Wildman–Crippen LogP) is 2.95. The molecule has 1 aromatic rings. The topological polar surface area (TPSA) is 55.6 Å². The van der Waals surface area contributed by atoms with Crippen molar-refractivity contribution in [3.8, 4) is 5.75 Å². The van der Waals surface area contributed by atoms with Gasteiger partial charge in [-0.05, 0) is 44.0 Å². The molecule has 0 fully saturated rings. The van der Waals surface area contributed by atoms with Crippen LogP contribution in [-0.2, 0) is 11.3 Å². The normalized spacial score (nSPS) is 10.4. The highest BCUT2D eigenvalue weighted by atomic mass is 16.5. The number of nitrogens with zero attached hydrogens (tertiary/aromatic N) is 1. The summed E-state index contributed by atoms with van der Waals surface area (Å²) in [6.45, 7) is 4.02. The minimum absolute atomic E-state index is 0.205. The summed E-state index contributed by atoms with van der Waals surface area (Å²) in [5.41, 5.74) is 6.57. The van der Waals surface area contributed by atoms with Gasteiger partial charge in [-0.2, -0.15) is 0 Å². The monoisotopic (exact) mass is 292 g/mol. The third-order valence-corrected chi connectivity index (χ3v) is 3.42. The number of hydrogen-bond acceptors (Lipinski definition) is 3. The van der Waals surface area contributed by atoms with Gasteiger partial charge in [0, 0.05) is 20.0 Å². The molecule has 21 heavy (non-hydrogen) atoms. The Morgan fingerprint density at radius 3 is 2.43 bits per heavy atom.